The average Bonchev–Trinajstić information content (AvgIpc) is 2.85. The molecule has 0 aromatic heterocycles. The van der Waals surface area contributed by atoms with Crippen LogP contribution in [0, 0.1) is 6.92 Å². The second-order valence-corrected chi connectivity index (χ2v) is 6.75. The molecule has 0 radical (unpaired) electrons. The molecule has 2 amide bonds. The predicted molar refractivity (Wildman–Crippen MR) is 95.0 cm³/mol. The fraction of sp³-hybridized carbons (Fsp3) is 0.526. The Balaban J connectivity index is 1.72. The van der Waals surface area contributed by atoms with Crippen molar-refractivity contribution < 1.29 is 9.59 Å². The number of hydrogen-bond acceptors (Lipinski definition) is 3. The molecule has 1 aliphatic carbocycles. The minimum Gasteiger partial charge on any atom is -0.348 e. The monoisotopic (exact) mass is 327 g/mol. The Morgan fingerprint density at radius 2 is 1.75 bits per heavy atom. The van der Waals surface area contributed by atoms with Gasteiger partial charge in [0.2, 0.25) is 5.91 Å². The van der Waals surface area contributed by atoms with E-state index in [4.69, 9.17) is 0 Å². The van der Waals surface area contributed by atoms with Crippen LogP contribution in [0.25, 0.3) is 0 Å². The molecule has 5 heteroatoms. The van der Waals surface area contributed by atoms with Gasteiger partial charge in [0.1, 0.15) is 5.71 Å². The molecule has 1 heterocycles. The number of nitrogens with zero attached hydrogens (tertiary/aromatic N) is 2. The molecule has 2 aliphatic rings. The first-order valence-electron chi connectivity index (χ1n) is 8.91. The molecule has 0 saturated heterocycles. The number of benzene rings is 1. The van der Waals surface area contributed by atoms with Crippen LogP contribution in [0.4, 0.5) is 5.69 Å². The molecule has 1 aromatic carbocycles. The zero-order valence-electron chi connectivity index (χ0n) is 14.3. The highest BCUT2D eigenvalue weighted by molar-refractivity contribution is 6.40. The van der Waals surface area contributed by atoms with Crippen LogP contribution < -0.4 is 10.3 Å². The van der Waals surface area contributed by atoms with E-state index in [9.17, 15) is 9.59 Å². The average molecular weight is 327 g/mol. The fourth-order valence-corrected chi connectivity index (χ4v) is 3.30. The summed E-state index contributed by atoms with van der Waals surface area (Å²) in [7, 11) is 0. The van der Waals surface area contributed by atoms with E-state index in [0.717, 1.165) is 18.4 Å². The Morgan fingerprint density at radius 1 is 1.08 bits per heavy atom. The lowest BCUT2D eigenvalue weighted by molar-refractivity contribution is -0.119. The van der Waals surface area contributed by atoms with Crippen molar-refractivity contribution in [2.45, 2.75) is 64.3 Å². The van der Waals surface area contributed by atoms with Gasteiger partial charge in [-0.15, -0.1) is 0 Å². The number of aryl methyl sites for hydroxylation is 1. The number of carbonyl (C=O) groups excluding carboxylic acids is 2. The molecule has 5 nitrogen and oxygen atoms in total. The first-order valence-corrected chi connectivity index (χ1v) is 8.91. The number of anilines is 1. The topological polar surface area (TPSA) is 61.8 Å². The third-order valence-corrected chi connectivity index (χ3v) is 4.76. The number of hydrazone groups is 1. The van der Waals surface area contributed by atoms with Crippen molar-refractivity contribution in [3.63, 3.8) is 0 Å². The second kappa shape index (κ2) is 7.60. The highest BCUT2D eigenvalue weighted by Crippen LogP contribution is 2.21. The highest BCUT2D eigenvalue weighted by Gasteiger charge is 2.26. The smallest absolute Gasteiger partial charge is 0.267 e. The van der Waals surface area contributed by atoms with Crippen LogP contribution in [-0.4, -0.2) is 23.6 Å². The number of amides is 2. The summed E-state index contributed by atoms with van der Waals surface area (Å²) < 4.78 is 0. The van der Waals surface area contributed by atoms with E-state index in [1.165, 1.54) is 30.7 Å². The van der Waals surface area contributed by atoms with E-state index in [0.29, 0.717) is 24.2 Å². The Bertz CT molecular complexity index is 629. The maximum absolute atomic E-state index is 12.5. The van der Waals surface area contributed by atoms with Gasteiger partial charge in [0.15, 0.2) is 0 Å². The summed E-state index contributed by atoms with van der Waals surface area (Å²) in [6.07, 6.45) is 7.67. The van der Waals surface area contributed by atoms with E-state index in [-0.39, 0.29) is 17.9 Å². The Hall–Kier alpha value is -2.17. The predicted octanol–water partition coefficient (Wildman–Crippen LogP) is 3.32. The summed E-state index contributed by atoms with van der Waals surface area (Å²) in [5.74, 6) is -0.184. The number of hydrogen-bond donors (Lipinski definition) is 1. The summed E-state index contributed by atoms with van der Waals surface area (Å²) in [5, 5.41) is 8.82. The zero-order chi connectivity index (χ0) is 16.9. The first kappa shape index (κ1) is 16.7. The summed E-state index contributed by atoms with van der Waals surface area (Å²) >= 11 is 0. The number of carbonyl (C=O) groups is 2. The maximum atomic E-state index is 12.5. The van der Waals surface area contributed by atoms with Gasteiger partial charge in [0, 0.05) is 18.9 Å². The lowest BCUT2D eigenvalue weighted by atomic mass is 10.1. The summed E-state index contributed by atoms with van der Waals surface area (Å²) in [5.41, 5.74) is 2.29. The summed E-state index contributed by atoms with van der Waals surface area (Å²) in [6.45, 7) is 2.00. The number of nitrogens with one attached hydrogen (secondary N) is 1. The molecule has 1 aromatic rings. The minimum atomic E-state index is -0.119. The third kappa shape index (κ3) is 4.02. The molecule has 1 fully saturated rings. The van der Waals surface area contributed by atoms with Gasteiger partial charge < -0.3 is 5.32 Å². The fourth-order valence-electron chi connectivity index (χ4n) is 3.30. The molecule has 0 bridgehead atoms. The van der Waals surface area contributed by atoms with E-state index in [1.54, 1.807) is 0 Å². The Kier molecular flexibility index (Phi) is 5.28. The summed E-state index contributed by atoms with van der Waals surface area (Å²) in [4.78, 5) is 24.7. The molecule has 1 saturated carbocycles. The van der Waals surface area contributed by atoms with Crippen LogP contribution in [0.1, 0.15) is 56.9 Å². The van der Waals surface area contributed by atoms with E-state index < -0.39 is 0 Å². The molecule has 0 spiro atoms. The molecule has 24 heavy (non-hydrogen) atoms. The van der Waals surface area contributed by atoms with Crippen molar-refractivity contribution in [1.82, 2.24) is 5.32 Å². The number of rotatable bonds is 3. The lowest BCUT2D eigenvalue weighted by Crippen LogP contribution is -2.43. The highest BCUT2D eigenvalue weighted by atomic mass is 16.2. The van der Waals surface area contributed by atoms with Crippen LogP contribution in [0.2, 0.25) is 0 Å². The first-order chi connectivity index (χ1) is 11.6. The van der Waals surface area contributed by atoms with Gasteiger partial charge in [-0.3, -0.25) is 9.59 Å². The van der Waals surface area contributed by atoms with Gasteiger partial charge in [-0.25, -0.2) is 5.01 Å². The van der Waals surface area contributed by atoms with E-state index in [2.05, 4.69) is 10.4 Å². The van der Waals surface area contributed by atoms with Crippen molar-refractivity contribution in [3.05, 3.63) is 29.8 Å². The normalized spacial score (nSPS) is 19.6. The van der Waals surface area contributed by atoms with Gasteiger partial charge in [-0.05, 0) is 31.9 Å². The second-order valence-electron chi connectivity index (χ2n) is 6.75. The molecular weight excluding hydrogens is 302 g/mol. The van der Waals surface area contributed by atoms with Crippen LogP contribution in [-0.2, 0) is 9.59 Å². The SMILES string of the molecule is Cc1ccc(N2N=C(C(=O)NC3CCCCCC3)CCC2=O)cc1. The van der Waals surface area contributed by atoms with Crippen molar-refractivity contribution >= 4 is 23.2 Å². The van der Waals surface area contributed by atoms with Crippen LogP contribution in [0.3, 0.4) is 0 Å². The molecular formula is C19H25N3O2. The van der Waals surface area contributed by atoms with Gasteiger partial charge in [0.05, 0.1) is 5.69 Å². The van der Waals surface area contributed by atoms with E-state index >= 15 is 0 Å². The summed E-state index contributed by atoms with van der Waals surface area (Å²) in [6, 6.07) is 7.86. The van der Waals surface area contributed by atoms with Crippen molar-refractivity contribution in [3.8, 4) is 0 Å². The minimum absolute atomic E-state index is 0.0649. The van der Waals surface area contributed by atoms with Gasteiger partial charge in [-0.2, -0.15) is 5.10 Å². The maximum Gasteiger partial charge on any atom is 0.267 e. The molecule has 1 aliphatic heterocycles. The van der Waals surface area contributed by atoms with Crippen LogP contribution in [0.15, 0.2) is 29.4 Å². The quantitative estimate of drug-likeness (QED) is 0.866. The molecule has 3 rings (SSSR count). The van der Waals surface area contributed by atoms with Gasteiger partial charge in [0.25, 0.3) is 5.91 Å². The molecule has 0 atom stereocenters. The standard InChI is InChI=1S/C19H25N3O2/c1-14-8-10-16(11-9-14)22-18(23)13-12-17(21-22)19(24)20-15-6-4-2-3-5-7-15/h8-11,15H,2-7,12-13H2,1H3,(H,20,24). The molecule has 128 valence electrons. The lowest BCUT2D eigenvalue weighted by Gasteiger charge is -2.24. The largest absolute Gasteiger partial charge is 0.348 e. The Morgan fingerprint density at radius 3 is 2.42 bits per heavy atom. The zero-order valence-corrected chi connectivity index (χ0v) is 14.3. The van der Waals surface area contributed by atoms with Crippen molar-refractivity contribution in [2.75, 3.05) is 5.01 Å². The van der Waals surface area contributed by atoms with Gasteiger partial charge in [-0.1, -0.05) is 43.4 Å². The third-order valence-electron chi connectivity index (χ3n) is 4.76. The van der Waals surface area contributed by atoms with Crippen molar-refractivity contribution in [2.24, 2.45) is 5.10 Å². The molecule has 1 N–H and O–H groups in total. The van der Waals surface area contributed by atoms with Crippen LogP contribution in [0.5, 0.6) is 0 Å². The van der Waals surface area contributed by atoms with Crippen molar-refractivity contribution in [1.29, 1.82) is 0 Å². The Labute approximate surface area is 143 Å². The van der Waals surface area contributed by atoms with Gasteiger partial charge >= 0.3 is 0 Å². The van der Waals surface area contributed by atoms with Crippen LogP contribution >= 0.6 is 0 Å². The molecule has 0 unspecified atom stereocenters. The van der Waals surface area contributed by atoms with E-state index in [1.807, 2.05) is 31.2 Å².